The molecule has 0 fully saturated rings. The van der Waals surface area contributed by atoms with Crippen LogP contribution in [0.3, 0.4) is 0 Å². The van der Waals surface area contributed by atoms with Crippen LogP contribution in [0.5, 0.6) is 0 Å². The Bertz CT molecular complexity index is 368. The van der Waals surface area contributed by atoms with Crippen molar-refractivity contribution in [3.63, 3.8) is 0 Å². The highest BCUT2D eigenvalue weighted by Crippen LogP contribution is 2.24. The molecule has 1 unspecified atom stereocenters. The zero-order valence-electron chi connectivity index (χ0n) is 12.5. The molecule has 0 aromatic carbocycles. The lowest BCUT2D eigenvalue weighted by atomic mass is 9.94. The molecule has 0 radical (unpaired) electrons. The van der Waals surface area contributed by atoms with Gasteiger partial charge in [0, 0.05) is 24.5 Å². The number of hydrogen-bond acceptors (Lipinski definition) is 3. The summed E-state index contributed by atoms with van der Waals surface area (Å²) in [5, 5.41) is 3.39. The van der Waals surface area contributed by atoms with Crippen LogP contribution in [0.4, 0.5) is 0 Å². The third-order valence-corrected chi connectivity index (χ3v) is 3.44. The molecule has 0 saturated carbocycles. The molecule has 3 heteroatoms. The second-order valence-electron chi connectivity index (χ2n) is 5.53. The third-order valence-electron chi connectivity index (χ3n) is 3.44. The average Bonchev–Trinajstić information content (AvgIpc) is 2.28. The summed E-state index contributed by atoms with van der Waals surface area (Å²) in [7, 11) is 3.78. The van der Waals surface area contributed by atoms with Crippen molar-refractivity contribution in [2.75, 3.05) is 14.2 Å². The smallest absolute Gasteiger partial charge is 0.0623 e. The lowest BCUT2D eigenvalue weighted by Gasteiger charge is -2.26. The van der Waals surface area contributed by atoms with Crippen molar-refractivity contribution in [2.45, 2.75) is 52.2 Å². The number of ether oxygens (including phenoxy) is 1. The van der Waals surface area contributed by atoms with Gasteiger partial charge in [-0.1, -0.05) is 0 Å². The van der Waals surface area contributed by atoms with E-state index in [1.54, 1.807) is 7.11 Å². The van der Waals surface area contributed by atoms with Crippen molar-refractivity contribution in [1.29, 1.82) is 0 Å². The van der Waals surface area contributed by atoms with E-state index >= 15 is 0 Å². The molecule has 102 valence electrons. The summed E-state index contributed by atoms with van der Waals surface area (Å²) in [6.07, 6.45) is 2.08. The van der Waals surface area contributed by atoms with Gasteiger partial charge in [0.15, 0.2) is 0 Å². The number of rotatable bonds is 6. The van der Waals surface area contributed by atoms with Gasteiger partial charge in [0.25, 0.3) is 0 Å². The maximum Gasteiger partial charge on any atom is 0.0623 e. The van der Waals surface area contributed by atoms with Crippen molar-refractivity contribution in [3.05, 3.63) is 29.1 Å². The van der Waals surface area contributed by atoms with Gasteiger partial charge >= 0.3 is 0 Å². The highest BCUT2D eigenvalue weighted by Gasteiger charge is 2.19. The fourth-order valence-corrected chi connectivity index (χ4v) is 2.14. The minimum absolute atomic E-state index is 0.0633. The summed E-state index contributed by atoms with van der Waals surface area (Å²) in [4.78, 5) is 4.42. The second kappa shape index (κ2) is 6.30. The zero-order valence-corrected chi connectivity index (χ0v) is 12.5. The van der Waals surface area contributed by atoms with Gasteiger partial charge in [-0.2, -0.15) is 0 Å². The van der Waals surface area contributed by atoms with Crippen LogP contribution in [0.2, 0.25) is 0 Å². The van der Waals surface area contributed by atoms with Gasteiger partial charge in [0.2, 0.25) is 0 Å². The Balaban J connectivity index is 2.77. The van der Waals surface area contributed by atoms with E-state index in [4.69, 9.17) is 4.74 Å². The van der Waals surface area contributed by atoms with E-state index in [9.17, 15) is 0 Å². The first-order chi connectivity index (χ1) is 8.38. The molecule has 1 aromatic heterocycles. The number of hydrogen-bond donors (Lipinski definition) is 1. The summed E-state index contributed by atoms with van der Waals surface area (Å²) in [6.45, 7) is 8.34. The van der Waals surface area contributed by atoms with Gasteiger partial charge in [-0.15, -0.1) is 0 Å². The Morgan fingerprint density at radius 2 is 1.83 bits per heavy atom. The number of pyridine rings is 1. The molecule has 0 spiro atoms. The van der Waals surface area contributed by atoms with Gasteiger partial charge < -0.3 is 10.1 Å². The molecule has 1 rings (SSSR count). The van der Waals surface area contributed by atoms with Gasteiger partial charge in [-0.3, -0.25) is 4.98 Å². The molecule has 0 aliphatic heterocycles. The van der Waals surface area contributed by atoms with Gasteiger partial charge in [-0.25, -0.2) is 0 Å². The summed E-state index contributed by atoms with van der Waals surface area (Å²) < 4.78 is 5.48. The molecule has 3 nitrogen and oxygen atoms in total. The standard InChI is InChI=1S/C15H26N2O/c1-11-9-13(10-12(2)17-11)14(16-5)7-8-15(3,4)18-6/h9-10,14,16H,7-8H2,1-6H3. The predicted octanol–water partition coefficient (Wildman–Crippen LogP) is 3.16. The number of aryl methyl sites for hydroxylation is 2. The Morgan fingerprint density at radius 3 is 2.28 bits per heavy atom. The average molecular weight is 250 g/mol. The molecule has 1 aromatic rings. The first-order valence-corrected chi connectivity index (χ1v) is 6.55. The SMILES string of the molecule is CNC(CCC(C)(C)OC)c1cc(C)nc(C)c1. The van der Waals surface area contributed by atoms with Crippen molar-refractivity contribution in [1.82, 2.24) is 10.3 Å². The van der Waals surface area contributed by atoms with Crippen LogP contribution in [0.15, 0.2) is 12.1 Å². The zero-order chi connectivity index (χ0) is 13.8. The lowest BCUT2D eigenvalue weighted by Crippen LogP contribution is -2.26. The number of nitrogens with zero attached hydrogens (tertiary/aromatic N) is 1. The first-order valence-electron chi connectivity index (χ1n) is 6.55. The molecular formula is C15H26N2O. The van der Waals surface area contributed by atoms with Crippen LogP contribution >= 0.6 is 0 Å². The molecule has 0 aliphatic rings. The summed E-state index contributed by atoms with van der Waals surface area (Å²) in [5.41, 5.74) is 3.41. The number of methoxy groups -OCH3 is 1. The molecular weight excluding hydrogens is 224 g/mol. The van der Waals surface area contributed by atoms with E-state index < -0.39 is 0 Å². The topological polar surface area (TPSA) is 34.1 Å². The number of aromatic nitrogens is 1. The summed E-state index contributed by atoms with van der Waals surface area (Å²) >= 11 is 0. The van der Waals surface area contributed by atoms with Crippen molar-refractivity contribution < 1.29 is 4.74 Å². The molecule has 1 N–H and O–H groups in total. The van der Waals surface area contributed by atoms with E-state index in [0.29, 0.717) is 6.04 Å². The van der Waals surface area contributed by atoms with Crippen LogP contribution in [0.25, 0.3) is 0 Å². The van der Waals surface area contributed by atoms with Crippen molar-refractivity contribution in [3.8, 4) is 0 Å². The molecule has 1 atom stereocenters. The van der Waals surface area contributed by atoms with Gasteiger partial charge in [-0.05, 0) is 65.3 Å². The van der Waals surface area contributed by atoms with Crippen molar-refractivity contribution in [2.24, 2.45) is 0 Å². The fourth-order valence-electron chi connectivity index (χ4n) is 2.14. The van der Waals surface area contributed by atoms with Crippen LogP contribution in [-0.2, 0) is 4.74 Å². The maximum absolute atomic E-state index is 5.48. The minimum Gasteiger partial charge on any atom is -0.379 e. The molecule has 0 aliphatic carbocycles. The molecule has 1 heterocycles. The van der Waals surface area contributed by atoms with Crippen molar-refractivity contribution >= 4 is 0 Å². The van der Waals surface area contributed by atoms with E-state index in [1.165, 1.54) is 5.56 Å². The van der Waals surface area contributed by atoms with Gasteiger partial charge in [0.1, 0.15) is 0 Å². The lowest BCUT2D eigenvalue weighted by molar-refractivity contribution is 0.0118. The van der Waals surface area contributed by atoms with E-state index in [0.717, 1.165) is 24.2 Å². The Morgan fingerprint density at radius 1 is 1.28 bits per heavy atom. The maximum atomic E-state index is 5.48. The van der Waals surface area contributed by atoms with Crippen LogP contribution in [0, 0.1) is 13.8 Å². The molecule has 0 saturated heterocycles. The summed E-state index contributed by atoms with van der Waals surface area (Å²) in [5.74, 6) is 0. The quantitative estimate of drug-likeness (QED) is 0.842. The Kier molecular flexibility index (Phi) is 5.29. The van der Waals surface area contributed by atoms with Gasteiger partial charge in [0.05, 0.1) is 5.60 Å². The Labute approximate surface area is 111 Å². The fraction of sp³-hybridized carbons (Fsp3) is 0.667. The second-order valence-corrected chi connectivity index (χ2v) is 5.53. The molecule has 0 bridgehead atoms. The molecule has 0 amide bonds. The Hall–Kier alpha value is -0.930. The minimum atomic E-state index is -0.0633. The first kappa shape index (κ1) is 15.1. The summed E-state index contributed by atoms with van der Waals surface area (Å²) in [6, 6.07) is 4.68. The number of nitrogens with one attached hydrogen (secondary N) is 1. The molecule has 18 heavy (non-hydrogen) atoms. The van der Waals surface area contributed by atoms with Crippen LogP contribution in [-0.4, -0.2) is 24.7 Å². The van der Waals surface area contributed by atoms with E-state index in [1.807, 2.05) is 20.9 Å². The largest absolute Gasteiger partial charge is 0.379 e. The van der Waals surface area contributed by atoms with Crippen LogP contribution in [0.1, 0.15) is 49.7 Å². The highest BCUT2D eigenvalue weighted by molar-refractivity contribution is 5.23. The highest BCUT2D eigenvalue weighted by atomic mass is 16.5. The van der Waals surface area contributed by atoms with Crippen LogP contribution < -0.4 is 5.32 Å². The monoisotopic (exact) mass is 250 g/mol. The third kappa shape index (κ3) is 4.39. The predicted molar refractivity (Wildman–Crippen MR) is 75.8 cm³/mol. The van der Waals surface area contributed by atoms with E-state index in [2.05, 4.69) is 36.3 Å². The normalized spacial score (nSPS) is 13.7. The van der Waals surface area contributed by atoms with E-state index in [-0.39, 0.29) is 5.60 Å².